The van der Waals surface area contributed by atoms with E-state index >= 15 is 0 Å². The molecule has 2 aromatic carbocycles. The van der Waals surface area contributed by atoms with Gasteiger partial charge in [0.05, 0.1) is 13.7 Å². The van der Waals surface area contributed by atoms with E-state index in [0.717, 1.165) is 0 Å². The zero-order valence-corrected chi connectivity index (χ0v) is 13.6. The Kier molecular flexibility index (Phi) is 4.87. The van der Waals surface area contributed by atoms with Crippen LogP contribution in [0.3, 0.4) is 0 Å². The molecular formula is C14H14BrNO4S. The Morgan fingerprint density at radius 3 is 2.43 bits per heavy atom. The van der Waals surface area contributed by atoms with Crippen molar-refractivity contribution in [1.82, 2.24) is 0 Å². The average molecular weight is 372 g/mol. The van der Waals surface area contributed by atoms with E-state index in [1.165, 1.54) is 13.2 Å². The fourth-order valence-electron chi connectivity index (χ4n) is 1.75. The molecule has 0 fully saturated rings. The van der Waals surface area contributed by atoms with Crippen LogP contribution >= 0.6 is 15.9 Å². The first-order valence-electron chi connectivity index (χ1n) is 6.02. The van der Waals surface area contributed by atoms with Crippen LogP contribution in [0.4, 0.5) is 5.69 Å². The molecule has 2 rings (SSSR count). The van der Waals surface area contributed by atoms with E-state index in [-0.39, 0.29) is 17.3 Å². The molecular weight excluding hydrogens is 358 g/mol. The van der Waals surface area contributed by atoms with Gasteiger partial charge in [-0.05, 0) is 35.9 Å². The first-order valence-corrected chi connectivity index (χ1v) is 8.30. The molecule has 0 aromatic heterocycles. The maximum atomic E-state index is 12.4. The van der Waals surface area contributed by atoms with Gasteiger partial charge in [-0.3, -0.25) is 4.72 Å². The van der Waals surface area contributed by atoms with Crippen LogP contribution in [0.5, 0.6) is 5.75 Å². The Morgan fingerprint density at radius 1 is 1.19 bits per heavy atom. The van der Waals surface area contributed by atoms with Crippen molar-refractivity contribution >= 4 is 31.6 Å². The molecule has 0 aliphatic heterocycles. The van der Waals surface area contributed by atoms with Crippen LogP contribution < -0.4 is 9.46 Å². The molecule has 0 spiro atoms. The van der Waals surface area contributed by atoms with E-state index in [1.807, 2.05) is 0 Å². The normalized spacial score (nSPS) is 11.2. The summed E-state index contributed by atoms with van der Waals surface area (Å²) in [5, 5.41) is 8.98. The third kappa shape index (κ3) is 3.75. The summed E-state index contributed by atoms with van der Waals surface area (Å²) >= 11 is 3.25. The molecule has 0 atom stereocenters. The summed E-state index contributed by atoms with van der Waals surface area (Å²) in [6.07, 6.45) is 0. The molecule has 0 saturated heterocycles. The molecule has 0 bridgehead atoms. The van der Waals surface area contributed by atoms with Crippen LogP contribution in [0.2, 0.25) is 0 Å². The van der Waals surface area contributed by atoms with Crippen molar-refractivity contribution in [2.75, 3.05) is 11.8 Å². The second kappa shape index (κ2) is 6.46. The van der Waals surface area contributed by atoms with E-state index < -0.39 is 10.0 Å². The SMILES string of the molecule is COc1ccc(Br)cc1S(=O)(=O)Nc1ccc(CO)cc1. The van der Waals surface area contributed by atoms with Crippen molar-refractivity contribution in [2.24, 2.45) is 0 Å². The second-order valence-corrected chi connectivity index (χ2v) is 6.82. The van der Waals surface area contributed by atoms with Gasteiger partial charge in [0.1, 0.15) is 10.6 Å². The highest BCUT2D eigenvalue weighted by Crippen LogP contribution is 2.28. The number of aliphatic hydroxyl groups excluding tert-OH is 1. The first kappa shape index (κ1) is 15.8. The van der Waals surface area contributed by atoms with E-state index in [0.29, 0.717) is 15.7 Å². The summed E-state index contributed by atoms with van der Waals surface area (Å²) < 4.78 is 33.1. The zero-order valence-electron chi connectivity index (χ0n) is 11.2. The van der Waals surface area contributed by atoms with E-state index in [2.05, 4.69) is 20.7 Å². The lowest BCUT2D eigenvalue weighted by Crippen LogP contribution is -2.14. The lowest BCUT2D eigenvalue weighted by molar-refractivity contribution is 0.282. The van der Waals surface area contributed by atoms with Gasteiger partial charge in [-0.25, -0.2) is 8.42 Å². The number of ether oxygens (including phenoxy) is 1. The molecule has 0 unspecified atom stereocenters. The van der Waals surface area contributed by atoms with Gasteiger partial charge in [0, 0.05) is 10.2 Å². The maximum absolute atomic E-state index is 12.4. The van der Waals surface area contributed by atoms with Crippen LogP contribution in [0, 0.1) is 0 Å². The molecule has 0 amide bonds. The number of methoxy groups -OCH3 is 1. The minimum atomic E-state index is -3.77. The Labute approximate surface area is 131 Å². The van der Waals surface area contributed by atoms with Crippen molar-refractivity contribution in [2.45, 2.75) is 11.5 Å². The first-order chi connectivity index (χ1) is 9.96. The summed E-state index contributed by atoms with van der Waals surface area (Å²) in [6.45, 7) is -0.0908. The molecule has 7 heteroatoms. The van der Waals surface area contributed by atoms with Crippen molar-refractivity contribution in [3.05, 3.63) is 52.5 Å². The number of aliphatic hydroxyl groups is 1. The lowest BCUT2D eigenvalue weighted by atomic mass is 10.2. The number of sulfonamides is 1. The van der Waals surface area contributed by atoms with Gasteiger partial charge in [0.15, 0.2) is 0 Å². The summed E-state index contributed by atoms with van der Waals surface area (Å²) in [7, 11) is -2.35. The molecule has 5 nitrogen and oxygen atoms in total. The topological polar surface area (TPSA) is 75.6 Å². The van der Waals surface area contributed by atoms with Crippen LogP contribution in [0.25, 0.3) is 0 Å². The summed E-state index contributed by atoms with van der Waals surface area (Å²) in [4.78, 5) is 0.0469. The van der Waals surface area contributed by atoms with Crippen molar-refractivity contribution in [3.63, 3.8) is 0 Å². The van der Waals surface area contributed by atoms with Gasteiger partial charge in [-0.1, -0.05) is 28.1 Å². The van der Waals surface area contributed by atoms with Gasteiger partial charge in [-0.2, -0.15) is 0 Å². The number of nitrogens with one attached hydrogen (secondary N) is 1. The van der Waals surface area contributed by atoms with Crippen molar-refractivity contribution in [3.8, 4) is 5.75 Å². The van der Waals surface area contributed by atoms with Crippen molar-refractivity contribution in [1.29, 1.82) is 0 Å². The third-order valence-electron chi connectivity index (χ3n) is 2.80. The molecule has 2 N–H and O–H groups in total. The van der Waals surface area contributed by atoms with Crippen molar-refractivity contribution < 1.29 is 18.3 Å². The highest BCUT2D eigenvalue weighted by atomic mass is 79.9. The van der Waals surface area contributed by atoms with Gasteiger partial charge < -0.3 is 9.84 Å². The highest BCUT2D eigenvalue weighted by molar-refractivity contribution is 9.10. The minimum absolute atomic E-state index is 0.0469. The Morgan fingerprint density at radius 2 is 1.86 bits per heavy atom. The van der Waals surface area contributed by atoms with Crippen LogP contribution in [0.1, 0.15) is 5.56 Å². The standard InChI is InChI=1S/C14H14BrNO4S/c1-20-13-7-4-11(15)8-14(13)21(18,19)16-12-5-2-10(9-17)3-6-12/h2-8,16-17H,9H2,1H3. The number of rotatable bonds is 5. The van der Waals surface area contributed by atoms with E-state index in [9.17, 15) is 8.42 Å². The zero-order chi connectivity index (χ0) is 15.5. The largest absolute Gasteiger partial charge is 0.495 e. The van der Waals surface area contributed by atoms with Gasteiger partial charge in [0.2, 0.25) is 0 Å². The Bertz CT molecular complexity index is 729. The Hall–Kier alpha value is -1.57. The molecule has 2 aromatic rings. The highest BCUT2D eigenvalue weighted by Gasteiger charge is 2.20. The van der Waals surface area contributed by atoms with Crippen LogP contribution in [-0.2, 0) is 16.6 Å². The molecule has 0 saturated carbocycles. The predicted octanol–water partition coefficient (Wildman–Crippen LogP) is 2.75. The third-order valence-corrected chi connectivity index (χ3v) is 4.70. The maximum Gasteiger partial charge on any atom is 0.265 e. The minimum Gasteiger partial charge on any atom is -0.495 e. The number of benzene rings is 2. The Balaban J connectivity index is 2.35. The van der Waals surface area contributed by atoms with Gasteiger partial charge in [-0.15, -0.1) is 0 Å². The van der Waals surface area contributed by atoms with Gasteiger partial charge >= 0.3 is 0 Å². The van der Waals surface area contributed by atoms with Crippen LogP contribution in [-0.4, -0.2) is 20.6 Å². The second-order valence-electron chi connectivity index (χ2n) is 4.26. The fourth-order valence-corrected chi connectivity index (χ4v) is 3.52. The summed E-state index contributed by atoms with van der Waals surface area (Å²) in [5.41, 5.74) is 1.12. The fraction of sp³-hybridized carbons (Fsp3) is 0.143. The number of anilines is 1. The molecule has 0 aliphatic carbocycles. The molecule has 0 heterocycles. The van der Waals surface area contributed by atoms with E-state index in [1.54, 1.807) is 36.4 Å². The lowest BCUT2D eigenvalue weighted by Gasteiger charge is -2.12. The molecule has 112 valence electrons. The molecule has 0 radical (unpaired) electrons. The van der Waals surface area contributed by atoms with Gasteiger partial charge in [0.25, 0.3) is 10.0 Å². The number of hydrogen-bond donors (Lipinski definition) is 2. The summed E-state index contributed by atoms with van der Waals surface area (Å²) in [5.74, 6) is 0.262. The van der Waals surface area contributed by atoms with E-state index in [4.69, 9.17) is 9.84 Å². The molecule has 0 aliphatic rings. The quantitative estimate of drug-likeness (QED) is 0.846. The smallest absolute Gasteiger partial charge is 0.265 e. The number of halogens is 1. The summed E-state index contributed by atoms with van der Waals surface area (Å²) in [6, 6.07) is 11.2. The predicted molar refractivity (Wildman–Crippen MR) is 83.9 cm³/mol. The monoisotopic (exact) mass is 371 g/mol. The number of hydrogen-bond acceptors (Lipinski definition) is 4. The van der Waals surface area contributed by atoms with Crippen LogP contribution in [0.15, 0.2) is 51.8 Å². The molecule has 21 heavy (non-hydrogen) atoms. The average Bonchev–Trinajstić information content (AvgIpc) is 2.47.